The number of nitrogens with one attached hydrogen (secondary N) is 4. The lowest BCUT2D eigenvalue weighted by Gasteiger charge is -2.40. The molecule has 16 heteroatoms. The first-order valence-electron chi connectivity index (χ1n) is 12.0. The molecule has 0 saturated carbocycles. The maximum atomic E-state index is 13.2. The molecule has 2 aliphatic rings. The Hall–Kier alpha value is -4.21. The van der Waals surface area contributed by atoms with E-state index in [4.69, 9.17) is 16.3 Å². The van der Waals surface area contributed by atoms with E-state index < -0.39 is 22.8 Å². The molecule has 2 aromatic carbocycles. The number of hydrogen-bond acceptors (Lipinski definition) is 9. The number of nitrogens with zero attached hydrogens (tertiary/aromatic N) is 5. The fourth-order valence-electron chi connectivity index (χ4n) is 4.28. The topological polar surface area (TPSA) is 137 Å². The van der Waals surface area contributed by atoms with E-state index in [1.54, 1.807) is 17.3 Å². The monoisotopic (exact) mass is 577 g/mol. The summed E-state index contributed by atoms with van der Waals surface area (Å²) >= 11 is 5.66. The van der Waals surface area contributed by atoms with Crippen LogP contribution in [-0.2, 0) is 15.7 Å². The molecule has 1 fully saturated rings. The van der Waals surface area contributed by atoms with Crippen molar-refractivity contribution in [2.75, 3.05) is 39.6 Å². The van der Waals surface area contributed by atoms with Crippen LogP contribution in [0.5, 0.6) is 0 Å². The van der Waals surface area contributed by atoms with Gasteiger partial charge in [-0.05, 0) is 43.3 Å². The summed E-state index contributed by atoms with van der Waals surface area (Å²) in [6, 6.07) is 6.88. The van der Waals surface area contributed by atoms with Gasteiger partial charge in [0.1, 0.15) is 12.4 Å². The number of benzene rings is 2. The summed E-state index contributed by atoms with van der Waals surface area (Å²) < 4.78 is 45.5. The van der Waals surface area contributed by atoms with Crippen molar-refractivity contribution >= 4 is 52.2 Å². The summed E-state index contributed by atoms with van der Waals surface area (Å²) in [5, 5.41) is 10.7. The number of ether oxygens (including phenoxy) is 1. The van der Waals surface area contributed by atoms with E-state index in [0.717, 1.165) is 12.1 Å². The van der Waals surface area contributed by atoms with Crippen LogP contribution in [0.25, 0.3) is 0 Å². The lowest BCUT2D eigenvalue weighted by molar-refractivity contribution is -0.137. The first-order valence-corrected chi connectivity index (χ1v) is 12.4. The summed E-state index contributed by atoms with van der Waals surface area (Å²) in [4.78, 5) is 37.5. The zero-order valence-electron chi connectivity index (χ0n) is 21.1. The number of amides is 3. The lowest BCUT2D eigenvalue weighted by Crippen LogP contribution is -2.54. The highest BCUT2D eigenvalue weighted by Gasteiger charge is 2.37. The number of carbonyl (C=O) groups is 2. The highest BCUT2D eigenvalue weighted by molar-refractivity contribution is 6.31. The van der Waals surface area contributed by atoms with Gasteiger partial charge in [0.25, 0.3) is 5.95 Å². The summed E-state index contributed by atoms with van der Waals surface area (Å²) in [6.45, 7) is 4.21. The van der Waals surface area contributed by atoms with Crippen molar-refractivity contribution in [3.05, 3.63) is 59.1 Å². The second kappa shape index (κ2) is 10.7. The molecule has 1 saturated heterocycles. The van der Waals surface area contributed by atoms with Crippen LogP contribution in [0.15, 0.2) is 42.7 Å². The summed E-state index contributed by atoms with van der Waals surface area (Å²) in [5.41, 5.74) is 3.06. The van der Waals surface area contributed by atoms with E-state index in [0.29, 0.717) is 36.2 Å². The first kappa shape index (κ1) is 27.4. The van der Waals surface area contributed by atoms with Gasteiger partial charge in [-0.3, -0.25) is 10.2 Å². The Bertz CT molecular complexity index is 1460. The zero-order valence-corrected chi connectivity index (χ0v) is 21.8. The molecule has 210 valence electrons. The maximum Gasteiger partial charge on any atom is 0.417 e. The van der Waals surface area contributed by atoms with Crippen LogP contribution in [0.3, 0.4) is 0 Å². The minimum absolute atomic E-state index is 0.103. The molecular weight excluding hydrogens is 555 g/mol. The van der Waals surface area contributed by atoms with E-state index in [2.05, 4.69) is 36.3 Å². The summed E-state index contributed by atoms with van der Waals surface area (Å²) in [7, 11) is 0. The molecule has 0 spiro atoms. The summed E-state index contributed by atoms with van der Waals surface area (Å²) in [6.07, 6.45) is -3.82. The van der Waals surface area contributed by atoms with Gasteiger partial charge in [0, 0.05) is 24.8 Å². The normalized spacial score (nSPS) is 19.9. The molecule has 0 aliphatic carbocycles. The molecule has 3 aromatic rings. The van der Waals surface area contributed by atoms with Gasteiger partial charge < -0.3 is 20.7 Å². The Morgan fingerprint density at radius 3 is 2.48 bits per heavy atom. The van der Waals surface area contributed by atoms with Crippen molar-refractivity contribution in [3.63, 3.8) is 0 Å². The van der Waals surface area contributed by atoms with Crippen LogP contribution < -0.4 is 26.5 Å². The van der Waals surface area contributed by atoms with Crippen molar-refractivity contribution in [3.8, 4) is 0 Å². The molecule has 12 nitrogen and oxygen atoms in total. The molecular formula is C24H23ClF3N9O3. The van der Waals surface area contributed by atoms with Gasteiger partial charge in [-0.15, -0.1) is 0 Å². The quantitative estimate of drug-likeness (QED) is 0.341. The number of halogens is 4. The van der Waals surface area contributed by atoms with Crippen molar-refractivity contribution in [2.45, 2.75) is 32.2 Å². The Labute approximate surface area is 230 Å². The van der Waals surface area contributed by atoms with Crippen LogP contribution in [0.2, 0.25) is 5.02 Å². The molecule has 3 heterocycles. The van der Waals surface area contributed by atoms with Gasteiger partial charge in [0.15, 0.2) is 5.82 Å². The molecule has 4 bridgehead atoms. The van der Waals surface area contributed by atoms with Crippen LogP contribution >= 0.6 is 11.6 Å². The number of hydrazine groups is 2. The zero-order chi connectivity index (χ0) is 28.6. The lowest BCUT2D eigenvalue weighted by atomic mass is 10.2. The third-order valence-corrected chi connectivity index (χ3v) is 6.25. The largest absolute Gasteiger partial charge is 0.417 e. The Balaban J connectivity index is 1.39. The predicted octanol–water partition coefficient (Wildman–Crippen LogP) is 4.67. The number of aromatic nitrogens is 3. The number of anilines is 5. The van der Waals surface area contributed by atoms with Gasteiger partial charge in [-0.2, -0.15) is 33.3 Å². The van der Waals surface area contributed by atoms with Crippen molar-refractivity contribution in [1.82, 2.24) is 20.0 Å². The van der Waals surface area contributed by atoms with E-state index in [9.17, 15) is 22.8 Å². The van der Waals surface area contributed by atoms with E-state index in [-0.39, 0.29) is 29.5 Å². The molecule has 0 radical (unpaired) electrons. The van der Waals surface area contributed by atoms with Crippen molar-refractivity contribution < 1.29 is 27.5 Å². The van der Waals surface area contributed by atoms with Gasteiger partial charge in [-0.25, -0.2) is 9.78 Å². The predicted molar refractivity (Wildman–Crippen MR) is 141 cm³/mol. The fourth-order valence-corrected chi connectivity index (χ4v) is 4.50. The molecule has 5 rings (SSSR count). The molecule has 3 unspecified atom stereocenters. The number of carbonyl (C=O) groups excluding carboxylic acids is 2. The second-order valence-corrected chi connectivity index (χ2v) is 9.49. The molecule has 3 amide bonds. The Morgan fingerprint density at radius 2 is 1.75 bits per heavy atom. The SMILES string of the molecule is CC(=O)Nc1ccc(NC(=O)Nc2ccc(Cl)c(C(F)(F)F)c2)cc1NN1c2ncnc(n2)C2CN1CC(C)O2. The van der Waals surface area contributed by atoms with Crippen LogP contribution in [0.1, 0.15) is 31.3 Å². The average molecular weight is 578 g/mol. The fraction of sp³-hybridized carbons (Fsp3) is 0.292. The Kier molecular flexibility index (Phi) is 7.35. The van der Waals surface area contributed by atoms with Crippen LogP contribution in [0.4, 0.5) is 46.7 Å². The summed E-state index contributed by atoms with van der Waals surface area (Å²) in [5.74, 6) is 0.442. The molecule has 3 atom stereocenters. The van der Waals surface area contributed by atoms with Gasteiger partial charge in [0.2, 0.25) is 5.91 Å². The van der Waals surface area contributed by atoms with Crippen LogP contribution in [-0.4, -0.2) is 51.1 Å². The number of rotatable bonds is 5. The Morgan fingerprint density at radius 1 is 1.02 bits per heavy atom. The molecule has 4 N–H and O–H groups in total. The third-order valence-electron chi connectivity index (χ3n) is 5.92. The van der Waals surface area contributed by atoms with Crippen molar-refractivity contribution in [2.24, 2.45) is 0 Å². The first-order chi connectivity index (χ1) is 19.0. The molecule has 1 aromatic heterocycles. The number of urea groups is 1. The number of morpholine rings is 1. The van der Waals surface area contributed by atoms with Crippen LogP contribution in [0, 0.1) is 0 Å². The minimum atomic E-state index is -4.68. The highest BCUT2D eigenvalue weighted by Crippen LogP contribution is 2.36. The maximum absolute atomic E-state index is 13.2. The smallest absolute Gasteiger partial charge is 0.364 e. The number of hydrogen-bond donors (Lipinski definition) is 4. The standard InChI is InChI=1S/C24H23ClF3N9O3/c1-12-9-36-10-20(40-12)21-29-11-30-22(34-21)37(36)35-19-8-15(4-6-18(19)31-13(2)38)33-23(39)32-14-3-5-17(25)16(7-14)24(26,27)28/h3-8,11-12,20,35H,9-10H2,1-2H3,(H,31,38)(H2,32,33,39). The molecule has 40 heavy (non-hydrogen) atoms. The molecule has 2 aliphatic heterocycles. The van der Waals surface area contributed by atoms with E-state index in [1.165, 1.54) is 25.4 Å². The third kappa shape index (κ3) is 6.00. The van der Waals surface area contributed by atoms with Gasteiger partial charge in [-0.1, -0.05) is 11.6 Å². The van der Waals surface area contributed by atoms with E-state index in [1.807, 2.05) is 11.9 Å². The minimum Gasteiger partial charge on any atom is -0.364 e. The second-order valence-electron chi connectivity index (χ2n) is 9.09. The number of fused-ring (bicyclic) bond motifs is 5. The van der Waals surface area contributed by atoms with Crippen molar-refractivity contribution in [1.29, 1.82) is 0 Å². The average Bonchev–Trinajstić information content (AvgIpc) is 2.94. The number of alkyl halides is 3. The van der Waals surface area contributed by atoms with Gasteiger partial charge in [0.05, 0.1) is 34.6 Å². The van der Waals surface area contributed by atoms with E-state index >= 15 is 0 Å². The van der Waals surface area contributed by atoms with Gasteiger partial charge >= 0.3 is 12.2 Å². The highest BCUT2D eigenvalue weighted by atomic mass is 35.5.